The summed E-state index contributed by atoms with van der Waals surface area (Å²) in [6.07, 6.45) is 3.34. The number of benzene rings is 1. The third-order valence-corrected chi connectivity index (χ3v) is 4.11. The second kappa shape index (κ2) is 7.57. The monoisotopic (exact) mass is 290 g/mol. The van der Waals surface area contributed by atoms with Gasteiger partial charge in [0.15, 0.2) is 5.60 Å². The van der Waals surface area contributed by atoms with Crippen LogP contribution in [0, 0.1) is 0 Å². The van der Waals surface area contributed by atoms with E-state index >= 15 is 0 Å². The molecule has 0 radical (unpaired) electrons. The zero-order valence-electron chi connectivity index (χ0n) is 12.8. The Morgan fingerprint density at radius 2 is 2.10 bits per heavy atom. The van der Waals surface area contributed by atoms with Gasteiger partial charge in [0.25, 0.3) is 5.91 Å². The molecule has 4 heteroatoms. The summed E-state index contributed by atoms with van der Waals surface area (Å²) >= 11 is 0. The molecule has 4 nitrogen and oxygen atoms in total. The van der Waals surface area contributed by atoms with Crippen molar-refractivity contribution in [3.8, 4) is 0 Å². The Labute approximate surface area is 127 Å². The van der Waals surface area contributed by atoms with Gasteiger partial charge in [-0.15, -0.1) is 0 Å². The first kappa shape index (κ1) is 16.0. The Bertz CT molecular complexity index is 449. The van der Waals surface area contributed by atoms with E-state index in [-0.39, 0.29) is 5.91 Å². The van der Waals surface area contributed by atoms with Crippen LogP contribution < -0.4 is 5.32 Å². The smallest absolute Gasteiger partial charge is 0.255 e. The number of carbonyl (C=O) groups is 1. The van der Waals surface area contributed by atoms with Crippen LogP contribution in [0.5, 0.6) is 0 Å². The Kier molecular flexibility index (Phi) is 5.76. The SMILES string of the molecule is CCNCC1(O)CCCN(CCCc2ccccc2)C1=O. The highest BCUT2D eigenvalue weighted by molar-refractivity contribution is 5.86. The van der Waals surface area contributed by atoms with E-state index in [1.54, 1.807) is 0 Å². The van der Waals surface area contributed by atoms with Gasteiger partial charge in [0.2, 0.25) is 0 Å². The van der Waals surface area contributed by atoms with Crippen LogP contribution in [0.1, 0.15) is 31.7 Å². The summed E-state index contributed by atoms with van der Waals surface area (Å²) < 4.78 is 0. The van der Waals surface area contributed by atoms with Gasteiger partial charge >= 0.3 is 0 Å². The molecule has 2 rings (SSSR count). The van der Waals surface area contributed by atoms with E-state index in [4.69, 9.17) is 0 Å². The molecule has 0 aromatic heterocycles. The average Bonchev–Trinajstić information content (AvgIpc) is 2.51. The van der Waals surface area contributed by atoms with Crippen molar-refractivity contribution in [2.45, 2.75) is 38.2 Å². The summed E-state index contributed by atoms with van der Waals surface area (Å²) in [6.45, 7) is 4.60. The fourth-order valence-electron chi connectivity index (χ4n) is 2.89. The van der Waals surface area contributed by atoms with Gasteiger partial charge in [0.05, 0.1) is 0 Å². The van der Waals surface area contributed by atoms with Gasteiger partial charge in [-0.2, -0.15) is 0 Å². The molecule has 1 aliphatic heterocycles. The van der Waals surface area contributed by atoms with Crippen LogP contribution in [0.15, 0.2) is 30.3 Å². The zero-order chi connectivity index (χ0) is 15.1. The van der Waals surface area contributed by atoms with Crippen LogP contribution in [0.25, 0.3) is 0 Å². The third kappa shape index (κ3) is 4.29. The van der Waals surface area contributed by atoms with Crippen molar-refractivity contribution in [2.24, 2.45) is 0 Å². The number of hydrogen-bond acceptors (Lipinski definition) is 3. The highest BCUT2D eigenvalue weighted by atomic mass is 16.3. The fraction of sp³-hybridized carbons (Fsp3) is 0.588. The van der Waals surface area contributed by atoms with Gasteiger partial charge in [-0.1, -0.05) is 37.3 Å². The average molecular weight is 290 g/mol. The second-order valence-corrected chi connectivity index (χ2v) is 5.80. The molecular formula is C17H26N2O2. The van der Waals surface area contributed by atoms with Crippen LogP contribution in [0.4, 0.5) is 0 Å². The van der Waals surface area contributed by atoms with E-state index in [9.17, 15) is 9.90 Å². The fourth-order valence-corrected chi connectivity index (χ4v) is 2.89. The van der Waals surface area contributed by atoms with Gasteiger partial charge in [-0.05, 0) is 37.8 Å². The van der Waals surface area contributed by atoms with Crippen LogP contribution in [0.2, 0.25) is 0 Å². The van der Waals surface area contributed by atoms with Crippen molar-refractivity contribution in [1.82, 2.24) is 10.2 Å². The third-order valence-electron chi connectivity index (χ3n) is 4.11. The van der Waals surface area contributed by atoms with Gasteiger partial charge in [0, 0.05) is 19.6 Å². The largest absolute Gasteiger partial charge is 0.379 e. The van der Waals surface area contributed by atoms with E-state index in [1.807, 2.05) is 30.0 Å². The van der Waals surface area contributed by atoms with Gasteiger partial charge in [0.1, 0.15) is 0 Å². The molecule has 1 unspecified atom stereocenters. The summed E-state index contributed by atoms with van der Waals surface area (Å²) in [5, 5.41) is 13.6. The van der Waals surface area contributed by atoms with Gasteiger partial charge in [-0.25, -0.2) is 0 Å². The zero-order valence-corrected chi connectivity index (χ0v) is 12.8. The molecule has 116 valence electrons. The molecule has 1 atom stereocenters. The summed E-state index contributed by atoms with van der Waals surface area (Å²) in [4.78, 5) is 14.3. The van der Waals surface area contributed by atoms with Crippen molar-refractivity contribution >= 4 is 5.91 Å². The molecule has 0 bridgehead atoms. The number of amides is 1. The lowest BCUT2D eigenvalue weighted by molar-refractivity contribution is -0.156. The summed E-state index contributed by atoms with van der Waals surface area (Å²) in [6, 6.07) is 10.3. The quantitative estimate of drug-likeness (QED) is 0.802. The molecular weight excluding hydrogens is 264 g/mol. The number of aryl methyl sites for hydroxylation is 1. The summed E-state index contributed by atoms with van der Waals surface area (Å²) in [5.41, 5.74) is 0.0888. The lowest BCUT2D eigenvalue weighted by Gasteiger charge is -2.38. The van der Waals surface area contributed by atoms with Crippen molar-refractivity contribution in [3.05, 3.63) is 35.9 Å². The number of rotatable bonds is 7. The van der Waals surface area contributed by atoms with Crippen LogP contribution in [-0.2, 0) is 11.2 Å². The number of nitrogens with zero attached hydrogens (tertiary/aromatic N) is 1. The van der Waals surface area contributed by atoms with Crippen LogP contribution >= 0.6 is 0 Å². The maximum absolute atomic E-state index is 12.4. The molecule has 1 fully saturated rings. The normalized spacial score (nSPS) is 22.6. The maximum Gasteiger partial charge on any atom is 0.255 e. The minimum atomic E-state index is -1.21. The molecule has 0 spiro atoms. The summed E-state index contributed by atoms with van der Waals surface area (Å²) in [7, 11) is 0. The number of aliphatic hydroxyl groups is 1. The Morgan fingerprint density at radius 3 is 2.81 bits per heavy atom. The summed E-state index contributed by atoms with van der Waals surface area (Å²) in [5.74, 6) is -0.109. The number of hydrogen-bond donors (Lipinski definition) is 2. The Morgan fingerprint density at radius 1 is 1.33 bits per heavy atom. The van der Waals surface area contributed by atoms with Crippen molar-refractivity contribution in [3.63, 3.8) is 0 Å². The molecule has 1 heterocycles. The standard InChI is InChI=1S/C17H26N2O2/c1-2-18-14-17(21)11-7-13-19(16(17)20)12-6-10-15-8-4-3-5-9-15/h3-5,8-9,18,21H,2,6-7,10-14H2,1H3. The van der Waals surface area contributed by atoms with Gasteiger partial charge in [-0.3, -0.25) is 4.79 Å². The highest BCUT2D eigenvalue weighted by Crippen LogP contribution is 2.22. The molecule has 21 heavy (non-hydrogen) atoms. The first-order valence-electron chi connectivity index (χ1n) is 7.92. The lowest BCUT2D eigenvalue weighted by atomic mass is 9.91. The Balaban J connectivity index is 1.84. The number of nitrogens with one attached hydrogen (secondary N) is 1. The minimum Gasteiger partial charge on any atom is -0.379 e. The van der Waals surface area contributed by atoms with Crippen molar-refractivity contribution in [2.75, 3.05) is 26.2 Å². The molecule has 1 aromatic rings. The first-order chi connectivity index (χ1) is 10.2. The first-order valence-corrected chi connectivity index (χ1v) is 7.92. The molecule has 0 saturated carbocycles. The predicted octanol–water partition coefficient (Wildman–Crippen LogP) is 1.58. The Hall–Kier alpha value is -1.39. The molecule has 1 aromatic carbocycles. The lowest BCUT2D eigenvalue weighted by Crippen LogP contribution is -2.58. The molecule has 1 saturated heterocycles. The minimum absolute atomic E-state index is 0.109. The number of carbonyl (C=O) groups excluding carboxylic acids is 1. The number of piperidine rings is 1. The van der Waals surface area contributed by atoms with E-state index in [0.29, 0.717) is 13.0 Å². The van der Waals surface area contributed by atoms with E-state index in [1.165, 1.54) is 5.56 Å². The second-order valence-electron chi connectivity index (χ2n) is 5.80. The number of likely N-dealkylation sites (N-methyl/N-ethyl adjacent to an activating group) is 1. The highest BCUT2D eigenvalue weighted by Gasteiger charge is 2.41. The number of likely N-dealkylation sites (tertiary alicyclic amines) is 1. The van der Waals surface area contributed by atoms with Gasteiger partial charge < -0.3 is 15.3 Å². The maximum atomic E-state index is 12.4. The molecule has 1 amide bonds. The molecule has 1 aliphatic rings. The van der Waals surface area contributed by atoms with E-state index < -0.39 is 5.60 Å². The molecule has 2 N–H and O–H groups in total. The topological polar surface area (TPSA) is 52.6 Å². The molecule has 0 aliphatic carbocycles. The van der Waals surface area contributed by atoms with E-state index in [0.717, 1.165) is 38.9 Å². The van der Waals surface area contributed by atoms with Crippen LogP contribution in [0.3, 0.4) is 0 Å². The van der Waals surface area contributed by atoms with Crippen molar-refractivity contribution < 1.29 is 9.90 Å². The van der Waals surface area contributed by atoms with E-state index in [2.05, 4.69) is 17.4 Å². The van der Waals surface area contributed by atoms with Crippen molar-refractivity contribution in [1.29, 1.82) is 0 Å². The van der Waals surface area contributed by atoms with Crippen LogP contribution in [-0.4, -0.2) is 47.7 Å². The predicted molar refractivity (Wildman–Crippen MR) is 84.1 cm³/mol.